The van der Waals surface area contributed by atoms with Crippen LogP contribution in [0.25, 0.3) is 11.1 Å². The number of rotatable bonds is 5. The number of nitrogens with zero attached hydrogens (tertiary/aromatic N) is 3. The molecule has 2 aromatic rings. The third-order valence-electron chi connectivity index (χ3n) is 7.15. The van der Waals surface area contributed by atoms with Crippen molar-refractivity contribution < 1.29 is 36.9 Å². The van der Waals surface area contributed by atoms with Gasteiger partial charge in [0.05, 0.1) is 39.6 Å². The SMILES string of the molecule is Cc1ccc(NC(=O)N2CCO[C@H](C(F)(F)F)C2)cc1-c1cnc(OC2CCOCC2)c(N2CCOCC2)c1. The Balaban J connectivity index is 1.37. The first-order chi connectivity index (χ1) is 18.8. The summed E-state index contributed by atoms with van der Waals surface area (Å²) in [5.74, 6) is 0.571. The molecule has 0 spiro atoms. The molecule has 1 atom stereocenters. The fraction of sp³-hybridized carbons (Fsp3) is 0.556. The number of pyridine rings is 1. The first kappa shape index (κ1) is 27.5. The Morgan fingerprint density at radius 1 is 1.05 bits per heavy atom. The van der Waals surface area contributed by atoms with Crippen molar-refractivity contribution >= 4 is 17.4 Å². The van der Waals surface area contributed by atoms with Gasteiger partial charge in [-0.2, -0.15) is 13.2 Å². The highest BCUT2D eigenvalue weighted by molar-refractivity contribution is 5.90. The van der Waals surface area contributed by atoms with E-state index >= 15 is 0 Å². The molecule has 1 N–H and O–H groups in total. The van der Waals surface area contributed by atoms with Crippen LogP contribution in [0.1, 0.15) is 18.4 Å². The highest BCUT2D eigenvalue weighted by atomic mass is 19.4. The van der Waals surface area contributed by atoms with Gasteiger partial charge >= 0.3 is 12.2 Å². The molecule has 212 valence electrons. The van der Waals surface area contributed by atoms with E-state index < -0.39 is 24.9 Å². The minimum Gasteiger partial charge on any atom is -0.473 e. The number of aromatic nitrogens is 1. The van der Waals surface area contributed by atoms with Crippen LogP contribution < -0.4 is 15.0 Å². The Hall–Kier alpha value is -3.09. The number of ether oxygens (including phenoxy) is 4. The number of carbonyl (C=O) groups is 1. The number of aryl methyl sites for hydroxylation is 1. The Labute approximate surface area is 225 Å². The highest BCUT2D eigenvalue weighted by Gasteiger charge is 2.44. The van der Waals surface area contributed by atoms with E-state index in [2.05, 4.69) is 10.2 Å². The number of hydrogen-bond donors (Lipinski definition) is 1. The Kier molecular flexibility index (Phi) is 8.43. The molecule has 3 aliphatic heterocycles. The number of alkyl halides is 3. The molecular formula is C27H33F3N4O5. The molecule has 12 heteroatoms. The maximum atomic E-state index is 13.1. The van der Waals surface area contributed by atoms with Crippen LogP contribution >= 0.6 is 0 Å². The van der Waals surface area contributed by atoms with E-state index in [0.29, 0.717) is 51.1 Å². The summed E-state index contributed by atoms with van der Waals surface area (Å²) in [6, 6.07) is 6.85. The van der Waals surface area contributed by atoms with Crippen LogP contribution in [0, 0.1) is 6.92 Å². The number of anilines is 2. The zero-order valence-corrected chi connectivity index (χ0v) is 21.8. The number of nitrogens with one attached hydrogen (secondary N) is 1. The van der Waals surface area contributed by atoms with E-state index in [1.807, 2.05) is 25.1 Å². The lowest BCUT2D eigenvalue weighted by Gasteiger charge is -2.33. The largest absolute Gasteiger partial charge is 0.473 e. The van der Waals surface area contributed by atoms with Crippen molar-refractivity contribution in [1.82, 2.24) is 9.88 Å². The van der Waals surface area contributed by atoms with Crippen LogP contribution in [-0.4, -0.2) is 93.5 Å². The number of urea groups is 1. The summed E-state index contributed by atoms with van der Waals surface area (Å²) in [7, 11) is 0. The number of halogens is 3. The van der Waals surface area contributed by atoms with Gasteiger partial charge in [0.25, 0.3) is 0 Å². The summed E-state index contributed by atoms with van der Waals surface area (Å²) >= 11 is 0. The lowest BCUT2D eigenvalue weighted by Crippen LogP contribution is -2.52. The van der Waals surface area contributed by atoms with Gasteiger partial charge in [-0.3, -0.25) is 0 Å². The van der Waals surface area contributed by atoms with Gasteiger partial charge in [0.15, 0.2) is 6.10 Å². The minimum atomic E-state index is -4.53. The molecule has 0 unspecified atom stereocenters. The predicted octanol–water partition coefficient (Wildman–Crippen LogP) is 4.25. The van der Waals surface area contributed by atoms with Crippen molar-refractivity contribution in [2.24, 2.45) is 0 Å². The quantitative estimate of drug-likeness (QED) is 0.596. The van der Waals surface area contributed by atoms with Crippen molar-refractivity contribution in [2.45, 2.75) is 38.1 Å². The molecular weight excluding hydrogens is 517 g/mol. The van der Waals surface area contributed by atoms with Gasteiger partial charge in [-0.25, -0.2) is 9.78 Å². The molecule has 1 aromatic carbocycles. The third kappa shape index (κ3) is 6.74. The first-order valence-electron chi connectivity index (χ1n) is 13.2. The third-order valence-corrected chi connectivity index (χ3v) is 7.15. The second-order valence-corrected chi connectivity index (χ2v) is 9.88. The first-order valence-corrected chi connectivity index (χ1v) is 13.2. The van der Waals surface area contributed by atoms with Gasteiger partial charge in [0.2, 0.25) is 5.88 Å². The predicted molar refractivity (Wildman–Crippen MR) is 138 cm³/mol. The van der Waals surface area contributed by atoms with Crippen molar-refractivity contribution in [3.63, 3.8) is 0 Å². The average Bonchev–Trinajstić information content (AvgIpc) is 2.95. The molecule has 0 saturated carbocycles. The van der Waals surface area contributed by atoms with Crippen molar-refractivity contribution in [2.75, 3.05) is 69.4 Å². The molecule has 3 saturated heterocycles. The fourth-order valence-corrected chi connectivity index (χ4v) is 4.91. The van der Waals surface area contributed by atoms with E-state index in [-0.39, 0.29) is 19.3 Å². The van der Waals surface area contributed by atoms with Crippen LogP contribution in [0.3, 0.4) is 0 Å². The Morgan fingerprint density at radius 3 is 2.54 bits per heavy atom. The molecule has 9 nitrogen and oxygen atoms in total. The van der Waals surface area contributed by atoms with Crippen molar-refractivity contribution in [3.05, 3.63) is 36.0 Å². The van der Waals surface area contributed by atoms with Gasteiger partial charge in [-0.05, 0) is 36.2 Å². The zero-order valence-electron chi connectivity index (χ0n) is 21.8. The van der Waals surface area contributed by atoms with Gasteiger partial charge in [0.1, 0.15) is 11.8 Å². The standard InChI is InChI=1S/C27H33F3N4O5/c1-18-2-3-20(32-26(35)34-8-13-38-24(17-34)27(28,29)30)15-22(18)19-14-23(33-6-11-37-12-7-33)25(31-16-19)39-21-4-9-36-10-5-21/h2-3,14-16,21,24H,4-13,17H2,1H3,(H,32,35)/t24-/m0/s1. The molecule has 3 aliphatic rings. The van der Waals surface area contributed by atoms with Gasteiger partial charge in [-0.1, -0.05) is 6.07 Å². The number of benzene rings is 1. The normalized spacial score (nSPS) is 21.1. The topological polar surface area (TPSA) is 85.4 Å². The second kappa shape index (κ2) is 12.0. The van der Waals surface area contributed by atoms with Crippen molar-refractivity contribution in [1.29, 1.82) is 0 Å². The lowest BCUT2D eigenvalue weighted by atomic mass is 10.0. The monoisotopic (exact) mass is 550 g/mol. The van der Waals surface area contributed by atoms with E-state index in [9.17, 15) is 18.0 Å². The Morgan fingerprint density at radius 2 is 1.79 bits per heavy atom. The van der Waals surface area contributed by atoms with E-state index in [1.165, 1.54) is 0 Å². The summed E-state index contributed by atoms with van der Waals surface area (Å²) in [6.45, 7) is 5.28. The van der Waals surface area contributed by atoms with Gasteiger partial charge in [0, 0.05) is 49.9 Å². The van der Waals surface area contributed by atoms with Gasteiger partial charge in [-0.15, -0.1) is 0 Å². The number of morpholine rings is 2. The molecule has 0 radical (unpaired) electrons. The lowest BCUT2D eigenvalue weighted by molar-refractivity contribution is -0.233. The van der Waals surface area contributed by atoms with E-state index in [1.54, 1.807) is 12.3 Å². The number of hydrogen-bond acceptors (Lipinski definition) is 7. The second-order valence-electron chi connectivity index (χ2n) is 9.88. The van der Waals surface area contributed by atoms with Gasteiger partial charge < -0.3 is 34.1 Å². The van der Waals surface area contributed by atoms with E-state index in [0.717, 1.165) is 40.1 Å². The summed E-state index contributed by atoms with van der Waals surface area (Å²) in [4.78, 5) is 20.8. The average molecular weight is 551 g/mol. The minimum absolute atomic E-state index is 0.0364. The molecule has 5 rings (SSSR count). The molecule has 39 heavy (non-hydrogen) atoms. The fourth-order valence-electron chi connectivity index (χ4n) is 4.91. The highest BCUT2D eigenvalue weighted by Crippen LogP contribution is 2.35. The van der Waals surface area contributed by atoms with Crippen molar-refractivity contribution in [3.8, 4) is 17.0 Å². The molecule has 2 amide bonds. The molecule has 1 aromatic heterocycles. The maximum Gasteiger partial charge on any atom is 0.416 e. The maximum absolute atomic E-state index is 13.1. The smallest absolute Gasteiger partial charge is 0.416 e. The summed E-state index contributed by atoms with van der Waals surface area (Å²) < 4.78 is 61.4. The number of amides is 2. The molecule has 0 aliphatic carbocycles. The van der Waals surface area contributed by atoms with E-state index in [4.69, 9.17) is 23.9 Å². The van der Waals surface area contributed by atoms with Crippen LogP contribution in [0.5, 0.6) is 5.88 Å². The molecule has 3 fully saturated rings. The van der Waals surface area contributed by atoms with Crippen LogP contribution in [-0.2, 0) is 14.2 Å². The zero-order chi connectivity index (χ0) is 27.4. The number of carbonyl (C=O) groups excluding carboxylic acids is 1. The summed E-state index contributed by atoms with van der Waals surface area (Å²) in [5, 5.41) is 2.74. The van der Waals surface area contributed by atoms with Crippen LogP contribution in [0.4, 0.5) is 29.3 Å². The summed E-state index contributed by atoms with van der Waals surface area (Å²) in [6.07, 6.45) is -3.12. The molecule has 4 heterocycles. The molecule has 0 bridgehead atoms. The van der Waals surface area contributed by atoms with Crippen LogP contribution in [0.2, 0.25) is 0 Å². The Bertz CT molecular complexity index is 1150. The van der Waals surface area contributed by atoms with Crippen LogP contribution in [0.15, 0.2) is 30.5 Å². The summed E-state index contributed by atoms with van der Waals surface area (Å²) in [5.41, 5.74) is 4.01.